The van der Waals surface area contributed by atoms with Crippen molar-refractivity contribution in [2.75, 3.05) is 12.3 Å². The first kappa shape index (κ1) is 12.4. The predicted molar refractivity (Wildman–Crippen MR) is 54.3 cm³/mol. The van der Waals surface area contributed by atoms with Gasteiger partial charge in [-0.05, 0) is 19.4 Å². The van der Waals surface area contributed by atoms with Crippen molar-refractivity contribution in [3.8, 4) is 0 Å². The Hall–Kier alpha value is -1.72. The summed E-state index contributed by atoms with van der Waals surface area (Å²) in [5, 5.41) is 0. The maximum absolute atomic E-state index is 12.5. The van der Waals surface area contributed by atoms with Crippen LogP contribution in [0.3, 0.4) is 0 Å². The van der Waals surface area contributed by atoms with Gasteiger partial charge in [0.05, 0.1) is 12.3 Å². The molecule has 1 rings (SSSR count). The first-order valence-corrected chi connectivity index (χ1v) is 4.69. The number of pyridine rings is 1. The highest BCUT2D eigenvalue weighted by molar-refractivity contribution is 5.93. The largest absolute Gasteiger partial charge is 0.461 e. The fraction of sp³-hybridized carbons (Fsp3) is 0.400. The van der Waals surface area contributed by atoms with Crippen LogP contribution in [0.1, 0.15) is 35.0 Å². The first-order valence-electron chi connectivity index (χ1n) is 4.69. The van der Waals surface area contributed by atoms with Crippen molar-refractivity contribution in [1.29, 1.82) is 0 Å². The Bertz CT molecular complexity index is 408. The number of nitrogens with zero attached hydrogens (tertiary/aromatic N) is 1. The van der Waals surface area contributed by atoms with Gasteiger partial charge in [0.15, 0.2) is 5.69 Å². The van der Waals surface area contributed by atoms with Crippen LogP contribution in [0.4, 0.5) is 14.5 Å². The molecule has 0 atom stereocenters. The van der Waals surface area contributed by atoms with Gasteiger partial charge in [-0.3, -0.25) is 0 Å². The van der Waals surface area contributed by atoms with E-state index in [-0.39, 0.29) is 29.1 Å². The molecule has 0 bridgehead atoms. The smallest absolute Gasteiger partial charge is 0.359 e. The van der Waals surface area contributed by atoms with E-state index in [2.05, 4.69) is 4.98 Å². The van der Waals surface area contributed by atoms with Crippen LogP contribution in [0, 0.1) is 6.92 Å². The molecule has 0 radical (unpaired) electrons. The number of ether oxygens (including phenoxy) is 1. The van der Waals surface area contributed by atoms with Crippen LogP contribution < -0.4 is 5.73 Å². The van der Waals surface area contributed by atoms with E-state index >= 15 is 0 Å². The molecule has 16 heavy (non-hydrogen) atoms. The molecule has 0 amide bonds. The van der Waals surface area contributed by atoms with Crippen LogP contribution >= 0.6 is 0 Å². The Balaban J connectivity index is 3.16. The second kappa shape index (κ2) is 4.87. The molecule has 0 aliphatic rings. The van der Waals surface area contributed by atoms with Gasteiger partial charge in [0.25, 0.3) is 6.43 Å². The summed E-state index contributed by atoms with van der Waals surface area (Å²) >= 11 is 0. The van der Waals surface area contributed by atoms with E-state index in [1.807, 2.05) is 0 Å². The minimum atomic E-state index is -2.66. The third-order valence-electron chi connectivity index (χ3n) is 2.13. The van der Waals surface area contributed by atoms with Crippen molar-refractivity contribution in [3.63, 3.8) is 0 Å². The lowest BCUT2D eigenvalue weighted by Crippen LogP contribution is -2.12. The van der Waals surface area contributed by atoms with Crippen LogP contribution in [0.5, 0.6) is 0 Å². The SMILES string of the molecule is CCOC(=O)c1ncc(C(F)F)c(C)c1N. The second-order valence-electron chi connectivity index (χ2n) is 3.12. The summed E-state index contributed by atoms with van der Waals surface area (Å²) in [7, 11) is 0. The molecule has 0 aliphatic heterocycles. The highest BCUT2D eigenvalue weighted by atomic mass is 19.3. The Morgan fingerprint density at radius 1 is 1.62 bits per heavy atom. The van der Waals surface area contributed by atoms with E-state index in [4.69, 9.17) is 10.5 Å². The van der Waals surface area contributed by atoms with Gasteiger partial charge >= 0.3 is 5.97 Å². The molecule has 0 unspecified atom stereocenters. The standard InChI is InChI=1S/C10H12F2N2O2/c1-3-16-10(15)8-7(13)5(2)6(4-14-8)9(11)12/h4,9H,3,13H2,1-2H3. The van der Waals surface area contributed by atoms with E-state index in [0.717, 1.165) is 6.20 Å². The van der Waals surface area contributed by atoms with Crippen molar-refractivity contribution in [2.24, 2.45) is 0 Å². The molecule has 0 aliphatic carbocycles. The minimum absolute atomic E-state index is 0.0590. The fourth-order valence-corrected chi connectivity index (χ4v) is 1.22. The molecule has 2 N–H and O–H groups in total. The summed E-state index contributed by atoms with van der Waals surface area (Å²) in [6.45, 7) is 3.23. The quantitative estimate of drug-likeness (QED) is 0.807. The zero-order valence-corrected chi connectivity index (χ0v) is 8.96. The van der Waals surface area contributed by atoms with Gasteiger partial charge in [-0.2, -0.15) is 0 Å². The van der Waals surface area contributed by atoms with Gasteiger partial charge in [0, 0.05) is 11.8 Å². The zero-order valence-electron chi connectivity index (χ0n) is 8.96. The number of carbonyl (C=O) groups is 1. The zero-order chi connectivity index (χ0) is 12.3. The van der Waals surface area contributed by atoms with Gasteiger partial charge < -0.3 is 10.5 Å². The van der Waals surface area contributed by atoms with E-state index in [9.17, 15) is 13.6 Å². The van der Waals surface area contributed by atoms with Crippen LogP contribution in [-0.4, -0.2) is 17.6 Å². The molecule has 88 valence electrons. The van der Waals surface area contributed by atoms with E-state index in [0.29, 0.717) is 0 Å². The number of rotatable bonds is 3. The lowest BCUT2D eigenvalue weighted by molar-refractivity contribution is 0.0520. The minimum Gasteiger partial charge on any atom is -0.461 e. The number of nitrogen functional groups attached to an aromatic ring is 1. The van der Waals surface area contributed by atoms with Gasteiger partial charge in [-0.1, -0.05) is 0 Å². The Morgan fingerprint density at radius 3 is 2.75 bits per heavy atom. The molecule has 0 aromatic carbocycles. The van der Waals surface area contributed by atoms with Gasteiger partial charge in [0.2, 0.25) is 0 Å². The van der Waals surface area contributed by atoms with Crippen LogP contribution in [0.2, 0.25) is 0 Å². The number of nitrogens with two attached hydrogens (primary N) is 1. The number of aromatic nitrogens is 1. The van der Waals surface area contributed by atoms with Crippen molar-refractivity contribution < 1.29 is 18.3 Å². The molecule has 0 saturated carbocycles. The van der Waals surface area contributed by atoms with E-state index in [1.54, 1.807) is 6.92 Å². The molecular formula is C10H12F2N2O2. The normalized spacial score (nSPS) is 10.6. The van der Waals surface area contributed by atoms with Crippen molar-refractivity contribution in [3.05, 3.63) is 23.0 Å². The summed E-state index contributed by atoms with van der Waals surface area (Å²) in [5.41, 5.74) is 5.26. The lowest BCUT2D eigenvalue weighted by atomic mass is 10.1. The van der Waals surface area contributed by atoms with Gasteiger partial charge in [-0.15, -0.1) is 0 Å². The monoisotopic (exact) mass is 230 g/mol. The Morgan fingerprint density at radius 2 is 2.25 bits per heavy atom. The van der Waals surface area contributed by atoms with Crippen molar-refractivity contribution >= 4 is 11.7 Å². The third-order valence-corrected chi connectivity index (χ3v) is 2.13. The molecule has 0 saturated heterocycles. The average molecular weight is 230 g/mol. The molecule has 0 fully saturated rings. The third kappa shape index (κ3) is 2.26. The van der Waals surface area contributed by atoms with Crippen molar-refractivity contribution in [2.45, 2.75) is 20.3 Å². The summed E-state index contributed by atoms with van der Waals surface area (Å²) in [4.78, 5) is 14.9. The lowest BCUT2D eigenvalue weighted by Gasteiger charge is -2.10. The fourth-order valence-electron chi connectivity index (χ4n) is 1.22. The van der Waals surface area contributed by atoms with E-state index < -0.39 is 12.4 Å². The highest BCUT2D eigenvalue weighted by Crippen LogP contribution is 2.27. The second-order valence-corrected chi connectivity index (χ2v) is 3.12. The van der Waals surface area contributed by atoms with Gasteiger partial charge in [0.1, 0.15) is 0 Å². The van der Waals surface area contributed by atoms with Crippen LogP contribution in [0.25, 0.3) is 0 Å². The molecular weight excluding hydrogens is 218 g/mol. The average Bonchev–Trinajstić information content (AvgIpc) is 2.21. The number of alkyl halides is 2. The number of esters is 1. The summed E-state index contributed by atoms with van der Waals surface area (Å²) in [6, 6.07) is 0. The molecule has 1 aromatic heterocycles. The maximum Gasteiger partial charge on any atom is 0.359 e. The Labute approximate surface area is 91.4 Å². The number of hydrogen-bond donors (Lipinski definition) is 1. The maximum atomic E-state index is 12.5. The molecule has 1 aromatic rings. The number of carbonyl (C=O) groups excluding carboxylic acids is 1. The predicted octanol–water partition coefficient (Wildman–Crippen LogP) is 2.09. The molecule has 0 spiro atoms. The number of anilines is 1. The van der Waals surface area contributed by atoms with Gasteiger partial charge in [-0.25, -0.2) is 18.6 Å². The summed E-state index contributed by atoms with van der Waals surface area (Å²) < 4.78 is 29.6. The topological polar surface area (TPSA) is 65.2 Å². The number of halogens is 2. The van der Waals surface area contributed by atoms with Crippen LogP contribution in [-0.2, 0) is 4.74 Å². The first-order chi connectivity index (χ1) is 7.49. The Kier molecular flexibility index (Phi) is 3.76. The van der Waals surface area contributed by atoms with E-state index in [1.165, 1.54) is 6.92 Å². The summed E-state index contributed by atoms with van der Waals surface area (Å²) in [5.74, 6) is -0.705. The molecule has 6 heteroatoms. The van der Waals surface area contributed by atoms with Crippen LogP contribution in [0.15, 0.2) is 6.20 Å². The summed E-state index contributed by atoms with van der Waals surface area (Å²) in [6.07, 6.45) is -1.71. The molecule has 1 heterocycles. The number of hydrogen-bond acceptors (Lipinski definition) is 4. The van der Waals surface area contributed by atoms with Crippen molar-refractivity contribution in [1.82, 2.24) is 4.98 Å². The molecule has 4 nitrogen and oxygen atoms in total. The highest BCUT2D eigenvalue weighted by Gasteiger charge is 2.20.